The summed E-state index contributed by atoms with van der Waals surface area (Å²) in [5, 5.41) is 2.92. The van der Waals surface area contributed by atoms with Crippen LogP contribution in [0.5, 0.6) is 5.75 Å². The molecule has 0 saturated heterocycles. The van der Waals surface area contributed by atoms with Crippen molar-refractivity contribution in [2.75, 3.05) is 6.61 Å². The molecule has 1 aromatic rings. The van der Waals surface area contributed by atoms with Crippen molar-refractivity contribution in [2.45, 2.75) is 44.7 Å². The molecule has 1 fully saturated rings. The van der Waals surface area contributed by atoms with Crippen molar-refractivity contribution >= 4 is 5.91 Å². The van der Waals surface area contributed by atoms with Crippen LogP contribution in [0.3, 0.4) is 0 Å². The number of halogens is 1. The standard InChI is InChI=1S/C15H21FN2O2/c1-10(17)13-7-6-12(8-14(13)16)20-9-15(19)18-11-4-2-3-5-11/h6-8,10-11H,2-5,9,17H2,1H3,(H,18,19). The monoisotopic (exact) mass is 280 g/mol. The van der Waals surface area contributed by atoms with Crippen LogP contribution in [0.15, 0.2) is 18.2 Å². The van der Waals surface area contributed by atoms with Crippen LogP contribution in [0.1, 0.15) is 44.2 Å². The van der Waals surface area contributed by atoms with Gasteiger partial charge in [0.2, 0.25) is 0 Å². The fourth-order valence-corrected chi connectivity index (χ4v) is 2.46. The van der Waals surface area contributed by atoms with Gasteiger partial charge in [0.05, 0.1) is 0 Å². The van der Waals surface area contributed by atoms with Gasteiger partial charge in [-0.3, -0.25) is 4.79 Å². The summed E-state index contributed by atoms with van der Waals surface area (Å²) in [7, 11) is 0. The molecule has 0 radical (unpaired) electrons. The van der Waals surface area contributed by atoms with E-state index in [4.69, 9.17) is 10.5 Å². The predicted octanol–water partition coefficient (Wildman–Crippen LogP) is 2.28. The summed E-state index contributed by atoms with van der Waals surface area (Å²) < 4.78 is 19.0. The van der Waals surface area contributed by atoms with Crippen LogP contribution in [-0.2, 0) is 4.79 Å². The van der Waals surface area contributed by atoms with Gasteiger partial charge in [-0.25, -0.2) is 4.39 Å². The minimum Gasteiger partial charge on any atom is -0.484 e. The molecule has 0 aromatic heterocycles. The summed E-state index contributed by atoms with van der Waals surface area (Å²) in [5.74, 6) is -0.226. The second-order valence-electron chi connectivity index (χ2n) is 5.31. The highest BCUT2D eigenvalue weighted by molar-refractivity contribution is 5.77. The largest absolute Gasteiger partial charge is 0.484 e. The fourth-order valence-electron chi connectivity index (χ4n) is 2.46. The second-order valence-corrected chi connectivity index (χ2v) is 5.31. The van der Waals surface area contributed by atoms with Crippen LogP contribution in [0.2, 0.25) is 0 Å². The molecule has 1 unspecified atom stereocenters. The zero-order valence-electron chi connectivity index (χ0n) is 11.7. The lowest BCUT2D eigenvalue weighted by molar-refractivity contribution is -0.123. The third-order valence-corrected chi connectivity index (χ3v) is 3.55. The number of hydrogen-bond acceptors (Lipinski definition) is 3. The third-order valence-electron chi connectivity index (χ3n) is 3.55. The zero-order valence-corrected chi connectivity index (χ0v) is 11.7. The van der Waals surface area contributed by atoms with Crippen LogP contribution < -0.4 is 15.8 Å². The Morgan fingerprint density at radius 2 is 2.20 bits per heavy atom. The summed E-state index contributed by atoms with van der Waals surface area (Å²) in [5.41, 5.74) is 6.07. The number of amides is 1. The molecule has 20 heavy (non-hydrogen) atoms. The number of nitrogens with two attached hydrogens (primary N) is 1. The number of carbonyl (C=O) groups is 1. The summed E-state index contributed by atoms with van der Waals surface area (Å²) >= 11 is 0. The molecule has 1 aromatic carbocycles. The fraction of sp³-hybridized carbons (Fsp3) is 0.533. The SMILES string of the molecule is CC(N)c1ccc(OCC(=O)NC2CCCC2)cc1F. The molecule has 5 heteroatoms. The Bertz CT molecular complexity index is 471. The van der Waals surface area contributed by atoms with Gasteiger partial charge in [0, 0.05) is 23.7 Å². The normalized spacial score (nSPS) is 16.9. The molecular formula is C15H21FN2O2. The van der Waals surface area contributed by atoms with E-state index < -0.39 is 5.82 Å². The van der Waals surface area contributed by atoms with E-state index in [1.54, 1.807) is 19.1 Å². The van der Waals surface area contributed by atoms with Crippen molar-refractivity contribution in [2.24, 2.45) is 5.73 Å². The van der Waals surface area contributed by atoms with Crippen molar-refractivity contribution in [1.29, 1.82) is 0 Å². The van der Waals surface area contributed by atoms with Crippen LogP contribution in [0.4, 0.5) is 4.39 Å². The Morgan fingerprint density at radius 1 is 1.50 bits per heavy atom. The Balaban J connectivity index is 1.84. The Morgan fingerprint density at radius 3 is 2.80 bits per heavy atom. The summed E-state index contributed by atoms with van der Waals surface area (Å²) in [6.07, 6.45) is 4.39. The van der Waals surface area contributed by atoms with Gasteiger partial charge in [0.25, 0.3) is 5.91 Å². The lowest BCUT2D eigenvalue weighted by atomic mass is 10.1. The maximum absolute atomic E-state index is 13.7. The highest BCUT2D eigenvalue weighted by Crippen LogP contribution is 2.21. The molecule has 4 nitrogen and oxygen atoms in total. The molecule has 2 rings (SSSR count). The molecule has 110 valence electrons. The van der Waals surface area contributed by atoms with Gasteiger partial charge in [-0.1, -0.05) is 18.9 Å². The van der Waals surface area contributed by atoms with Gasteiger partial charge >= 0.3 is 0 Å². The first-order chi connectivity index (χ1) is 9.56. The van der Waals surface area contributed by atoms with E-state index in [0.717, 1.165) is 25.7 Å². The van der Waals surface area contributed by atoms with Crippen molar-refractivity contribution in [1.82, 2.24) is 5.32 Å². The predicted molar refractivity (Wildman–Crippen MR) is 74.9 cm³/mol. The minimum atomic E-state index is -0.409. The first-order valence-corrected chi connectivity index (χ1v) is 7.03. The van der Waals surface area contributed by atoms with Crippen LogP contribution >= 0.6 is 0 Å². The number of ether oxygens (including phenoxy) is 1. The molecule has 0 heterocycles. The summed E-state index contributed by atoms with van der Waals surface area (Å²) in [6, 6.07) is 4.38. The van der Waals surface area contributed by atoms with E-state index in [0.29, 0.717) is 11.3 Å². The maximum atomic E-state index is 13.7. The average molecular weight is 280 g/mol. The molecule has 1 aliphatic rings. The van der Waals surface area contributed by atoms with Gasteiger partial charge in [-0.2, -0.15) is 0 Å². The molecule has 0 bridgehead atoms. The molecule has 0 spiro atoms. The zero-order chi connectivity index (χ0) is 14.5. The first kappa shape index (κ1) is 14.8. The molecule has 1 aliphatic carbocycles. The van der Waals surface area contributed by atoms with E-state index in [-0.39, 0.29) is 24.6 Å². The van der Waals surface area contributed by atoms with E-state index in [1.807, 2.05) is 0 Å². The van der Waals surface area contributed by atoms with Crippen molar-refractivity contribution < 1.29 is 13.9 Å². The molecule has 0 aliphatic heterocycles. The van der Waals surface area contributed by atoms with Gasteiger partial charge in [-0.05, 0) is 25.8 Å². The van der Waals surface area contributed by atoms with Gasteiger partial charge in [0.1, 0.15) is 11.6 Å². The smallest absolute Gasteiger partial charge is 0.258 e. The van der Waals surface area contributed by atoms with Crippen molar-refractivity contribution in [3.63, 3.8) is 0 Å². The lowest BCUT2D eigenvalue weighted by Crippen LogP contribution is -2.36. The Hall–Kier alpha value is -1.62. The Labute approximate surface area is 118 Å². The topological polar surface area (TPSA) is 64.3 Å². The highest BCUT2D eigenvalue weighted by Gasteiger charge is 2.17. The summed E-state index contributed by atoms with van der Waals surface area (Å²) in [4.78, 5) is 11.7. The summed E-state index contributed by atoms with van der Waals surface area (Å²) in [6.45, 7) is 1.63. The quantitative estimate of drug-likeness (QED) is 0.869. The van der Waals surface area contributed by atoms with E-state index in [2.05, 4.69) is 5.32 Å². The average Bonchev–Trinajstić information content (AvgIpc) is 2.89. The van der Waals surface area contributed by atoms with E-state index >= 15 is 0 Å². The van der Waals surface area contributed by atoms with E-state index in [1.165, 1.54) is 6.07 Å². The molecule has 3 N–H and O–H groups in total. The van der Waals surface area contributed by atoms with Gasteiger partial charge in [-0.15, -0.1) is 0 Å². The minimum absolute atomic E-state index is 0.0898. The van der Waals surface area contributed by atoms with Gasteiger partial charge < -0.3 is 15.8 Å². The molecule has 1 atom stereocenters. The molecule has 1 amide bonds. The van der Waals surface area contributed by atoms with Crippen LogP contribution in [-0.4, -0.2) is 18.6 Å². The van der Waals surface area contributed by atoms with Crippen LogP contribution in [0, 0.1) is 5.82 Å². The number of nitrogens with one attached hydrogen (secondary N) is 1. The van der Waals surface area contributed by atoms with E-state index in [9.17, 15) is 9.18 Å². The first-order valence-electron chi connectivity index (χ1n) is 7.03. The number of carbonyl (C=O) groups excluding carboxylic acids is 1. The Kier molecular flexibility index (Phi) is 4.95. The highest BCUT2D eigenvalue weighted by atomic mass is 19.1. The molecular weight excluding hydrogens is 259 g/mol. The third kappa shape index (κ3) is 3.93. The lowest BCUT2D eigenvalue weighted by Gasteiger charge is -2.13. The number of rotatable bonds is 5. The number of hydrogen-bond donors (Lipinski definition) is 2. The molecule has 1 saturated carbocycles. The maximum Gasteiger partial charge on any atom is 0.258 e. The number of benzene rings is 1. The van der Waals surface area contributed by atoms with Gasteiger partial charge in [0.15, 0.2) is 6.61 Å². The second kappa shape index (κ2) is 6.70. The van der Waals surface area contributed by atoms with Crippen LogP contribution in [0.25, 0.3) is 0 Å². The van der Waals surface area contributed by atoms with Crippen molar-refractivity contribution in [3.8, 4) is 5.75 Å². The van der Waals surface area contributed by atoms with Crippen molar-refractivity contribution in [3.05, 3.63) is 29.6 Å².